The molecule has 3 heteroatoms. The molecule has 20 heavy (non-hydrogen) atoms. The first kappa shape index (κ1) is 17.2. The van der Waals surface area contributed by atoms with E-state index in [1.165, 1.54) is 0 Å². The van der Waals surface area contributed by atoms with E-state index in [1.807, 2.05) is 30.3 Å². The first-order chi connectivity index (χ1) is 9.51. The summed E-state index contributed by atoms with van der Waals surface area (Å²) in [5.41, 5.74) is 1.01. The summed E-state index contributed by atoms with van der Waals surface area (Å²) in [5.74, 6) is 0. The molecule has 0 radical (unpaired) electrons. The highest BCUT2D eigenvalue weighted by molar-refractivity contribution is 5.19. The maximum atomic E-state index is 10.7. The highest BCUT2D eigenvalue weighted by Crippen LogP contribution is 2.24. The molecular weight excluding hydrogens is 248 g/mol. The molecule has 0 bridgehead atoms. The Morgan fingerprint density at radius 1 is 1.10 bits per heavy atom. The Bertz CT molecular complexity index is 367. The van der Waals surface area contributed by atoms with Gasteiger partial charge in [-0.15, -0.1) is 0 Å². The maximum Gasteiger partial charge on any atom is 0.0945 e. The van der Waals surface area contributed by atoms with E-state index in [2.05, 4.69) is 44.7 Å². The number of hydrogen-bond acceptors (Lipinski definition) is 3. The van der Waals surface area contributed by atoms with Crippen molar-refractivity contribution in [2.45, 2.75) is 45.4 Å². The lowest BCUT2D eigenvalue weighted by Crippen LogP contribution is -2.48. The average molecular weight is 278 g/mol. The van der Waals surface area contributed by atoms with Gasteiger partial charge >= 0.3 is 0 Å². The van der Waals surface area contributed by atoms with Crippen molar-refractivity contribution in [2.75, 3.05) is 27.2 Å². The van der Waals surface area contributed by atoms with E-state index in [9.17, 15) is 5.11 Å². The van der Waals surface area contributed by atoms with Crippen molar-refractivity contribution in [3.63, 3.8) is 0 Å². The number of likely N-dealkylation sites (N-methyl/N-ethyl adjacent to an activating group) is 2. The van der Waals surface area contributed by atoms with Crippen LogP contribution in [0.1, 0.15) is 38.9 Å². The zero-order chi connectivity index (χ0) is 15.1. The van der Waals surface area contributed by atoms with Crippen molar-refractivity contribution < 1.29 is 5.11 Å². The molecule has 0 fully saturated rings. The summed E-state index contributed by atoms with van der Waals surface area (Å²) in [5, 5.41) is 10.7. The summed E-state index contributed by atoms with van der Waals surface area (Å²) in [6.45, 7) is 8.53. The van der Waals surface area contributed by atoms with Crippen LogP contribution in [0.25, 0.3) is 0 Å². The monoisotopic (exact) mass is 278 g/mol. The molecule has 0 aromatic heterocycles. The molecule has 3 unspecified atom stereocenters. The third-order valence-corrected chi connectivity index (χ3v) is 3.91. The molecule has 0 saturated carbocycles. The van der Waals surface area contributed by atoms with E-state index in [1.54, 1.807) is 0 Å². The van der Waals surface area contributed by atoms with Crippen molar-refractivity contribution in [3.8, 4) is 0 Å². The molecule has 114 valence electrons. The number of nitrogens with zero attached hydrogens (tertiary/aromatic N) is 2. The van der Waals surface area contributed by atoms with E-state index in [-0.39, 0.29) is 6.04 Å². The summed E-state index contributed by atoms with van der Waals surface area (Å²) < 4.78 is 0. The minimum Gasteiger partial charge on any atom is -0.387 e. The molecule has 1 aromatic carbocycles. The van der Waals surface area contributed by atoms with E-state index in [0.29, 0.717) is 6.04 Å². The minimum atomic E-state index is -0.425. The first-order valence-electron chi connectivity index (χ1n) is 7.64. The van der Waals surface area contributed by atoms with Crippen LogP contribution in [0.15, 0.2) is 30.3 Å². The fraction of sp³-hybridized carbons (Fsp3) is 0.647. The number of aliphatic hydroxyl groups excluding tert-OH is 1. The summed E-state index contributed by atoms with van der Waals surface area (Å²) >= 11 is 0. The maximum absolute atomic E-state index is 10.7. The van der Waals surface area contributed by atoms with Crippen molar-refractivity contribution in [1.82, 2.24) is 9.80 Å². The normalized spacial score (nSPS) is 16.4. The van der Waals surface area contributed by atoms with Gasteiger partial charge in [-0.3, -0.25) is 4.90 Å². The third kappa shape index (κ3) is 4.58. The SMILES string of the molecule is CCC(C(O)c1ccccc1)N(CC)C(C)CN(C)C. The van der Waals surface area contributed by atoms with E-state index in [0.717, 1.165) is 25.1 Å². The van der Waals surface area contributed by atoms with Crippen LogP contribution in [0.4, 0.5) is 0 Å². The van der Waals surface area contributed by atoms with Crippen LogP contribution in [0, 0.1) is 0 Å². The topological polar surface area (TPSA) is 26.7 Å². The van der Waals surface area contributed by atoms with Gasteiger partial charge < -0.3 is 10.0 Å². The molecule has 3 nitrogen and oxygen atoms in total. The van der Waals surface area contributed by atoms with Gasteiger partial charge in [0.15, 0.2) is 0 Å². The minimum absolute atomic E-state index is 0.164. The standard InChI is InChI=1S/C17H30N2O/c1-6-16(17(20)15-11-9-8-10-12-15)19(7-2)14(3)13-18(4)5/h8-12,14,16-17,20H,6-7,13H2,1-5H3. The summed E-state index contributed by atoms with van der Waals surface area (Å²) in [6, 6.07) is 10.6. The van der Waals surface area contributed by atoms with Gasteiger partial charge in [0.2, 0.25) is 0 Å². The van der Waals surface area contributed by atoms with E-state index >= 15 is 0 Å². The molecule has 0 aliphatic heterocycles. The molecule has 1 aromatic rings. The fourth-order valence-corrected chi connectivity index (χ4v) is 3.02. The second-order valence-electron chi connectivity index (χ2n) is 5.77. The third-order valence-electron chi connectivity index (χ3n) is 3.91. The zero-order valence-electron chi connectivity index (χ0n) is 13.6. The molecule has 3 atom stereocenters. The molecule has 0 aliphatic carbocycles. The Hall–Kier alpha value is -0.900. The molecule has 0 aliphatic rings. The second kappa shape index (κ2) is 8.40. The lowest BCUT2D eigenvalue weighted by Gasteiger charge is -2.39. The van der Waals surface area contributed by atoms with Gasteiger partial charge in [-0.05, 0) is 39.5 Å². The number of hydrogen-bond donors (Lipinski definition) is 1. The number of rotatable bonds is 8. The van der Waals surface area contributed by atoms with Crippen LogP contribution < -0.4 is 0 Å². The Morgan fingerprint density at radius 3 is 2.15 bits per heavy atom. The highest BCUT2D eigenvalue weighted by atomic mass is 16.3. The number of aliphatic hydroxyl groups is 1. The quantitative estimate of drug-likeness (QED) is 0.792. The Morgan fingerprint density at radius 2 is 1.70 bits per heavy atom. The van der Waals surface area contributed by atoms with Crippen molar-refractivity contribution in [3.05, 3.63) is 35.9 Å². The van der Waals surface area contributed by atoms with E-state index < -0.39 is 6.10 Å². The predicted octanol–water partition coefficient (Wildman–Crippen LogP) is 2.77. The molecule has 0 spiro atoms. The Balaban J connectivity index is 2.86. The summed E-state index contributed by atoms with van der Waals surface area (Å²) in [7, 11) is 4.19. The highest BCUT2D eigenvalue weighted by Gasteiger charge is 2.28. The van der Waals surface area contributed by atoms with Crippen molar-refractivity contribution in [2.24, 2.45) is 0 Å². The molecule has 0 saturated heterocycles. The van der Waals surface area contributed by atoms with Gasteiger partial charge in [0, 0.05) is 18.6 Å². The Kier molecular flexibility index (Phi) is 7.20. The van der Waals surface area contributed by atoms with E-state index in [4.69, 9.17) is 0 Å². The number of benzene rings is 1. The van der Waals surface area contributed by atoms with Gasteiger partial charge in [0.25, 0.3) is 0 Å². The largest absolute Gasteiger partial charge is 0.387 e. The zero-order valence-corrected chi connectivity index (χ0v) is 13.6. The Labute approximate surface area is 124 Å². The molecule has 0 amide bonds. The average Bonchev–Trinajstić information content (AvgIpc) is 2.43. The fourth-order valence-electron chi connectivity index (χ4n) is 3.02. The van der Waals surface area contributed by atoms with Gasteiger partial charge in [-0.1, -0.05) is 44.2 Å². The van der Waals surface area contributed by atoms with Crippen molar-refractivity contribution >= 4 is 0 Å². The summed E-state index contributed by atoms with van der Waals surface area (Å²) in [6.07, 6.45) is 0.521. The first-order valence-corrected chi connectivity index (χ1v) is 7.64. The molecular formula is C17H30N2O. The van der Waals surface area contributed by atoms with Gasteiger partial charge in [0.05, 0.1) is 6.10 Å². The van der Waals surface area contributed by atoms with Gasteiger partial charge in [-0.25, -0.2) is 0 Å². The second-order valence-corrected chi connectivity index (χ2v) is 5.77. The van der Waals surface area contributed by atoms with Crippen molar-refractivity contribution in [1.29, 1.82) is 0 Å². The summed E-state index contributed by atoms with van der Waals surface area (Å²) in [4.78, 5) is 4.62. The predicted molar refractivity (Wildman–Crippen MR) is 85.9 cm³/mol. The van der Waals surface area contributed by atoms with Crippen LogP contribution in [0.3, 0.4) is 0 Å². The van der Waals surface area contributed by atoms with Crippen LogP contribution in [0.5, 0.6) is 0 Å². The molecule has 0 heterocycles. The van der Waals surface area contributed by atoms with Crippen LogP contribution in [0.2, 0.25) is 0 Å². The van der Waals surface area contributed by atoms with Crippen LogP contribution in [-0.4, -0.2) is 54.2 Å². The van der Waals surface area contributed by atoms with Gasteiger partial charge in [0.1, 0.15) is 0 Å². The van der Waals surface area contributed by atoms with Gasteiger partial charge in [-0.2, -0.15) is 0 Å². The molecule has 1 rings (SSSR count). The lowest BCUT2D eigenvalue weighted by atomic mass is 9.97. The molecule has 1 N–H and O–H groups in total. The van der Waals surface area contributed by atoms with Crippen LogP contribution in [-0.2, 0) is 0 Å². The smallest absolute Gasteiger partial charge is 0.0945 e. The van der Waals surface area contributed by atoms with Crippen LogP contribution >= 0.6 is 0 Å². The lowest BCUT2D eigenvalue weighted by molar-refractivity contribution is 0.0214.